The number of piperazine rings is 1. The molecule has 196 valence electrons. The van der Waals surface area contributed by atoms with Crippen LogP contribution in [0.4, 0.5) is 17.1 Å². The van der Waals surface area contributed by atoms with Crippen LogP contribution in [0, 0.1) is 13.8 Å². The lowest BCUT2D eigenvalue weighted by atomic mass is 10.1. The number of aryl methyl sites for hydroxylation is 2. The highest BCUT2D eigenvalue weighted by molar-refractivity contribution is 7.83. The molecule has 0 radical (unpaired) electrons. The molecule has 2 atom stereocenters. The van der Waals surface area contributed by atoms with E-state index in [0.29, 0.717) is 0 Å². The largest absolute Gasteiger partial charge is 0.497 e. The van der Waals surface area contributed by atoms with Crippen LogP contribution in [0.25, 0.3) is 0 Å². The van der Waals surface area contributed by atoms with Gasteiger partial charge < -0.3 is 19.9 Å². The van der Waals surface area contributed by atoms with Crippen LogP contribution in [0.2, 0.25) is 0 Å². The van der Waals surface area contributed by atoms with Gasteiger partial charge in [-0.2, -0.15) is 0 Å². The van der Waals surface area contributed by atoms with Crippen molar-refractivity contribution in [1.82, 2.24) is 9.71 Å². The second-order valence-corrected chi connectivity index (χ2v) is 10.5. The Labute approximate surface area is 221 Å². The molecule has 1 aliphatic rings. The number of nitrogens with one attached hydrogen (secondary N) is 2. The van der Waals surface area contributed by atoms with Crippen LogP contribution in [-0.2, 0) is 15.8 Å². The monoisotopic (exact) mass is 521 g/mol. The van der Waals surface area contributed by atoms with Gasteiger partial charge in [-0.15, -0.1) is 0 Å². The summed E-state index contributed by atoms with van der Waals surface area (Å²) in [7, 11) is 0.185. The van der Waals surface area contributed by atoms with E-state index >= 15 is 0 Å². The Morgan fingerprint density at radius 3 is 2.05 bits per heavy atom. The van der Waals surface area contributed by atoms with Gasteiger partial charge in [0.1, 0.15) is 16.7 Å². The minimum atomic E-state index is -1.43. The zero-order valence-electron chi connectivity index (χ0n) is 21.9. The number of hydrogen-bond donors (Lipinski definition) is 2. The Morgan fingerprint density at radius 2 is 1.51 bits per heavy atom. The summed E-state index contributed by atoms with van der Waals surface area (Å²) in [5.74, 6) is 0.611. The van der Waals surface area contributed by atoms with Gasteiger partial charge in [-0.05, 0) is 80.4 Å². The molecule has 37 heavy (non-hydrogen) atoms. The third-order valence-corrected chi connectivity index (χ3v) is 8.11. The molecule has 0 aliphatic carbocycles. The van der Waals surface area contributed by atoms with E-state index in [-0.39, 0.29) is 18.4 Å². The van der Waals surface area contributed by atoms with Gasteiger partial charge in [0.05, 0.1) is 12.0 Å². The Balaban J connectivity index is 1.26. The van der Waals surface area contributed by atoms with Gasteiger partial charge in [0.15, 0.2) is 0 Å². The van der Waals surface area contributed by atoms with Crippen LogP contribution in [0.3, 0.4) is 0 Å². The summed E-state index contributed by atoms with van der Waals surface area (Å²) in [4.78, 5) is 22.2. The summed E-state index contributed by atoms with van der Waals surface area (Å²) in [5.41, 5.74) is 4.87. The molecule has 4 rings (SSSR count). The number of rotatable bonds is 9. The average molecular weight is 522 g/mol. The van der Waals surface area contributed by atoms with E-state index in [4.69, 9.17) is 4.74 Å². The topological polar surface area (TPSA) is 86.8 Å². The van der Waals surface area contributed by atoms with Crippen molar-refractivity contribution >= 4 is 34.0 Å². The normalized spacial score (nSPS) is 15.2. The van der Waals surface area contributed by atoms with Gasteiger partial charge >= 0.3 is 0 Å². The number of ether oxygens (including phenoxy) is 1. The Kier molecular flexibility index (Phi) is 8.78. The highest BCUT2D eigenvalue weighted by Crippen LogP contribution is 2.25. The minimum Gasteiger partial charge on any atom is -0.497 e. The molecule has 2 unspecified atom stereocenters. The lowest BCUT2D eigenvalue weighted by Crippen LogP contribution is -2.46. The van der Waals surface area contributed by atoms with Crippen molar-refractivity contribution in [1.29, 1.82) is 0 Å². The first-order chi connectivity index (χ1) is 17.8. The SMILES string of the molecule is COc1cc(C)c(S(=O)NC(C)CC(=O)Nc2ccc(N3CCN(c4ccncc4)CC3)cc2)c(C)c1. The number of carbonyl (C=O) groups excluding carboxylic acids is 1. The predicted molar refractivity (Wildman–Crippen MR) is 150 cm³/mol. The second kappa shape index (κ2) is 12.2. The summed E-state index contributed by atoms with van der Waals surface area (Å²) in [5, 5.41) is 2.96. The molecule has 1 saturated heterocycles. The smallest absolute Gasteiger partial charge is 0.225 e. The van der Waals surface area contributed by atoms with E-state index in [9.17, 15) is 9.00 Å². The van der Waals surface area contributed by atoms with Crippen molar-refractivity contribution in [3.8, 4) is 5.75 Å². The van der Waals surface area contributed by atoms with E-state index in [1.165, 1.54) is 5.69 Å². The van der Waals surface area contributed by atoms with Gasteiger partial charge in [-0.1, -0.05) is 0 Å². The number of methoxy groups -OCH3 is 1. The number of anilines is 3. The molecule has 2 heterocycles. The van der Waals surface area contributed by atoms with Crippen LogP contribution in [0.15, 0.2) is 65.8 Å². The van der Waals surface area contributed by atoms with Crippen molar-refractivity contribution in [2.75, 3.05) is 48.4 Å². The summed E-state index contributed by atoms with van der Waals surface area (Å²) >= 11 is 0. The first-order valence-corrected chi connectivity index (χ1v) is 13.6. The molecule has 3 aromatic rings. The molecule has 1 fully saturated rings. The van der Waals surface area contributed by atoms with Crippen molar-refractivity contribution < 1.29 is 13.7 Å². The molecule has 0 saturated carbocycles. The molecule has 0 spiro atoms. The molecule has 8 nitrogen and oxygen atoms in total. The van der Waals surface area contributed by atoms with Crippen molar-refractivity contribution in [2.45, 2.75) is 38.1 Å². The first kappa shape index (κ1) is 26.6. The fourth-order valence-corrected chi connectivity index (χ4v) is 5.90. The number of aromatic nitrogens is 1. The van der Waals surface area contributed by atoms with Gasteiger partial charge in [-0.3, -0.25) is 9.78 Å². The average Bonchev–Trinajstić information content (AvgIpc) is 2.89. The van der Waals surface area contributed by atoms with Crippen molar-refractivity contribution in [3.05, 3.63) is 72.1 Å². The van der Waals surface area contributed by atoms with Crippen LogP contribution >= 0.6 is 0 Å². The fraction of sp³-hybridized carbons (Fsp3) is 0.357. The summed E-state index contributed by atoms with van der Waals surface area (Å²) in [6.07, 6.45) is 3.86. The molecule has 1 aliphatic heterocycles. The summed E-state index contributed by atoms with van der Waals surface area (Å²) in [6, 6.07) is 15.5. The second-order valence-electron chi connectivity index (χ2n) is 9.36. The standard InChI is InChI=1S/C28H35N5O3S/c1-20-17-26(36-4)18-21(2)28(20)37(35)31-22(3)19-27(34)30-23-5-7-24(8-6-23)32-13-15-33(16-14-32)25-9-11-29-12-10-25/h5-12,17-18,22,31H,13-16,19H2,1-4H3,(H,30,34). The van der Waals surface area contributed by atoms with Gasteiger partial charge in [0.2, 0.25) is 5.91 Å². The molecule has 2 aromatic carbocycles. The van der Waals surface area contributed by atoms with E-state index in [1.807, 2.05) is 81.7 Å². The molecule has 1 amide bonds. The number of nitrogens with zero attached hydrogens (tertiary/aromatic N) is 3. The quantitative estimate of drug-likeness (QED) is 0.442. The zero-order valence-corrected chi connectivity index (χ0v) is 22.7. The van der Waals surface area contributed by atoms with Gasteiger partial charge in [0, 0.05) is 68.1 Å². The van der Waals surface area contributed by atoms with Crippen LogP contribution in [0.1, 0.15) is 24.5 Å². The number of carbonyl (C=O) groups is 1. The first-order valence-electron chi connectivity index (χ1n) is 12.5. The molecule has 0 bridgehead atoms. The minimum absolute atomic E-state index is 0.126. The van der Waals surface area contributed by atoms with E-state index in [2.05, 4.69) is 24.8 Å². The Morgan fingerprint density at radius 1 is 0.973 bits per heavy atom. The molecular formula is C28H35N5O3S. The van der Waals surface area contributed by atoms with E-state index in [0.717, 1.165) is 59.3 Å². The molecular weight excluding hydrogens is 486 g/mol. The zero-order chi connectivity index (χ0) is 26.4. The van der Waals surface area contributed by atoms with E-state index < -0.39 is 11.0 Å². The number of benzene rings is 2. The number of hydrogen-bond acceptors (Lipinski definition) is 6. The van der Waals surface area contributed by atoms with Crippen LogP contribution in [-0.4, -0.2) is 54.4 Å². The fourth-order valence-electron chi connectivity index (χ4n) is 4.63. The summed E-state index contributed by atoms with van der Waals surface area (Å²) in [6.45, 7) is 9.44. The number of amides is 1. The van der Waals surface area contributed by atoms with Crippen LogP contribution in [0.5, 0.6) is 5.75 Å². The molecule has 9 heteroatoms. The van der Waals surface area contributed by atoms with Crippen molar-refractivity contribution in [3.63, 3.8) is 0 Å². The van der Waals surface area contributed by atoms with Crippen molar-refractivity contribution in [2.24, 2.45) is 0 Å². The predicted octanol–water partition coefficient (Wildman–Crippen LogP) is 4.06. The third-order valence-electron chi connectivity index (χ3n) is 6.48. The lowest BCUT2D eigenvalue weighted by Gasteiger charge is -2.37. The van der Waals surface area contributed by atoms with Crippen LogP contribution < -0.4 is 24.6 Å². The maximum Gasteiger partial charge on any atom is 0.225 e. The van der Waals surface area contributed by atoms with Gasteiger partial charge in [-0.25, -0.2) is 8.93 Å². The lowest BCUT2D eigenvalue weighted by molar-refractivity contribution is -0.116. The maximum atomic E-state index is 12.9. The Bertz CT molecular complexity index is 1210. The summed E-state index contributed by atoms with van der Waals surface area (Å²) < 4.78 is 21.3. The molecule has 1 aromatic heterocycles. The van der Waals surface area contributed by atoms with E-state index in [1.54, 1.807) is 7.11 Å². The molecule has 2 N–H and O–H groups in total. The number of pyridine rings is 1. The van der Waals surface area contributed by atoms with Gasteiger partial charge in [0.25, 0.3) is 0 Å². The Hall–Kier alpha value is -3.43. The highest BCUT2D eigenvalue weighted by atomic mass is 32.2. The maximum absolute atomic E-state index is 12.9. The third kappa shape index (κ3) is 6.87. The highest BCUT2D eigenvalue weighted by Gasteiger charge is 2.19.